The molecule has 0 aromatic heterocycles. The monoisotopic (exact) mass is 494 g/mol. The summed E-state index contributed by atoms with van der Waals surface area (Å²) in [5.41, 5.74) is 0.380. The number of carbonyl (C=O) groups is 4. The minimum absolute atomic E-state index is 0. The SMILES string of the molecule is Cl.O=C(O)C[C@@H](NC(=O)c1ccccc1)NC(=O)[C@@H]1CCCN(C(=O)CCC2CCNCC2)C1. The van der Waals surface area contributed by atoms with E-state index in [1.807, 2.05) is 0 Å². The minimum atomic E-state index is -1.13. The van der Waals surface area contributed by atoms with Gasteiger partial charge in [0.05, 0.1) is 12.3 Å². The van der Waals surface area contributed by atoms with Gasteiger partial charge in [-0.05, 0) is 63.2 Å². The fourth-order valence-electron chi connectivity index (χ4n) is 4.51. The summed E-state index contributed by atoms with van der Waals surface area (Å²) >= 11 is 0. The van der Waals surface area contributed by atoms with Crippen LogP contribution in [0.5, 0.6) is 0 Å². The molecule has 2 saturated heterocycles. The topological polar surface area (TPSA) is 128 Å². The van der Waals surface area contributed by atoms with Crippen molar-refractivity contribution >= 4 is 36.1 Å². The third-order valence-corrected chi connectivity index (χ3v) is 6.41. The van der Waals surface area contributed by atoms with Crippen LogP contribution in [0.1, 0.15) is 55.3 Å². The number of benzene rings is 1. The van der Waals surface area contributed by atoms with Crippen molar-refractivity contribution < 1.29 is 24.3 Å². The van der Waals surface area contributed by atoms with E-state index in [1.54, 1.807) is 35.2 Å². The Bertz CT molecular complexity index is 832. The number of aliphatic carboxylic acids is 1. The van der Waals surface area contributed by atoms with E-state index in [0.29, 0.717) is 37.4 Å². The van der Waals surface area contributed by atoms with Gasteiger partial charge >= 0.3 is 5.97 Å². The van der Waals surface area contributed by atoms with Crippen molar-refractivity contribution in [2.24, 2.45) is 11.8 Å². The maximum Gasteiger partial charge on any atom is 0.307 e. The van der Waals surface area contributed by atoms with Crippen molar-refractivity contribution in [3.63, 3.8) is 0 Å². The van der Waals surface area contributed by atoms with Crippen molar-refractivity contribution in [1.82, 2.24) is 20.9 Å². The second kappa shape index (κ2) is 13.9. The summed E-state index contributed by atoms with van der Waals surface area (Å²) in [6.45, 7) is 2.97. The van der Waals surface area contributed by atoms with E-state index < -0.39 is 30.4 Å². The molecule has 0 unspecified atom stereocenters. The van der Waals surface area contributed by atoms with Crippen LogP contribution >= 0.6 is 12.4 Å². The van der Waals surface area contributed by atoms with Gasteiger partial charge in [0.15, 0.2) is 0 Å². The Kier molecular flexibility index (Phi) is 11.3. The van der Waals surface area contributed by atoms with Gasteiger partial charge in [0.25, 0.3) is 5.91 Å². The molecule has 2 heterocycles. The van der Waals surface area contributed by atoms with Gasteiger partial charge in [0.2, 0.25) is 11.8 Å². The lowest BCUT2D eigenvalue weighted by Gasteiger charge is -2.33. The highest BCUT2D eigenvalue weighted by Gasteiger charge is 2.30. The van der Waals surface area contributed by atoms with Crippen molar-refractivity contribution in [1.29, 1.82) is 0 Å². The first-order valence-electron chi connectivity index (χ1n) is 11.8. The number of carboxylic acids is 1. The van der Waals surface area contributed by atoms with Crippen molar-refractivity contribution in [3.05, 3.63) is 35.9 Å². The van der Waals surface area contributed by atoms with Gasteiger partial charge in [-0.1, -0.05) is 18.2 Å². The Hall–Kier alpha value is -2.65. The number of likely N-dealkylation sites (tertiary alicyclic amines) is 1. The van der Waals surface area contributed by atoms with Crippen molar-refractivity contribution in [2.75, 3.05) is 26.2 Å². The van der Waals surface area contributed by atoms with Crippen LogP contribution in [0.15, 0.2) is 30.3 Å². The quantitative estimate of drug-likeness (QED) is 0.387. The number of piperidine rings is 2. The molecule has 1 aromatic rings. The number of nitrogens with zero attached hydrogens (tertiary/aromatic N) is 1. The molecule has 0 saturated carbocycles. The summed E-state index contributed by atoms with van der Waals surface area (Å²) in [4.78, 5) is 51.1. The summed E-state index contributed by atoms with van der Waals surface area (Å²) in [6, 6.07) is 8.42. The lowest BCUT2D eigenvalue weighted by atomic mass is 9.92. The van der Waals surface area contributed by atoms with Gasteiger partial charge in [-0.15, -0.1) is 12.4 Å². The fourth-order valence-corrected chi connectivity index (χ4v) is 4.51. The molecule has 2 fully saturated rings. The molecule has 2 atom stereocenters. The van der Waals surface area contributed by atoms with E-state index in [-0.39, 0.29) is 24.2 Å². The van der Waals surface area contributed by atoms with E-state index in [1.165, 1.54) is 0 Å². The lowest BCUT2D eigenvalue weighted by molar-refractivity contribution is -0.138. The fraction of sp³-hybridized carbons (Fsp3) is 0.583. The summed E-state index contributed by atoms with van der Waals surface area (Å²) in [5.74, 6) is -1.71. The Balaban J connectivity index is 0.00000408. The van der Waals surface area contributed by atoms with Crippen molar-refractivity contribution in [2.45, 2.75) is 51.1 Å². The van der Waals surface area contributed by atoms with E-state index in [2.05, 4.69) is 16.0 Å². The lowest BCUT2D eigenvalue weighted by Crippen LogP contribution is -2.53. The predicted molar refractivity (Wildman–Crippen MR) is 129 cm³/mol. The number of halogens is 1. The first kappa shape index (κ1) is 27.6. The highest BCUT2D eigenvalue weighted by molar-refractivity contribution is 5.95. The summed E-state index contributed by atoms with van der Waals surface area (Å²) in [5, 5.41) is 17.8. The molecule has 2 aliphatic heterocycles. The number of rotatable bonds is 9. The highest BCUT2D eigenvalue weighted by Crippen LogP contribution is 2.21. The van der Waals surface area contributed by atoms with Crippen LogP contribution in [-0.4, -0.2) is 66.0 Å². The summed E-state index contributed by atoms with van der Waals surface area (Å²) in [6.07, 6.45) is 3.43. The highest BCUT2D eigenvalue weighted by atomic mass is 35.5. The van der Waals surface area contributed by atoms with E-state index in [9.17, 15) is 24.3 Å². The van der Waals surface area contributed by atoms with E-state index >= 15 is 0 Å². The van der Waals surface area contributed by atoms with Crippen LogP contribution in [0.25, 0.3) is 0 Å². The molecule has 0 spiro atoms. The molecule has 34 heavy (non-hydrogen) atoms. The smallest absolute Gasteiger partial charge is 0.307 e. The van der Waals surface area contributed by atoms with Crippen LogP contribution < -0.4 is 16.0 Å². The van der Waals surface area contributed by atoms with Crippen LogP contribution in [0.2, 0.25) is 0 Å². The molecule has 3 rings (SSSR count). The third-order valence-electron chi connectivity index (χ3n) is 6.41. The average Bonchev–Trinajstić information content (AvgIpc) is 2.83. The zero-order valence-corrected chi connectivity index (χ0v) is 20.1. The molecule has 9 nitrogen and oxygen atoms in total. The first-order valence-corrected chi connectivity index (χ1v) is 11.8. The molecule has 2 aliphatic rings. The van der Waals surface area contributed by atoms with Gasteiger partial charge in [-0.3, -0.25) is 19.2 Å². The molecular formula is C24H35ClN4O5. The largest absolute Gasteiger partial charge is 0.481 e. The average molecular weight is 495 g/mol. The molecule has 10 heteroatoms. The van der Waals surface area contributed by atoms with Gasteiger partial charge in [0, 0.05) is 25.1 Å². The van der Waals surface area contributed by atoms with Crippen molar-refractivity contribution in [3.8, 4) is 0 Å². The molecule has 0 radical (unpaired) electrons. The normalized spacial score (nSPS) is 19.4. The molecule has 1 aromatic carbocycles. The number of carboxylic acid groups (broad SMARTS) is 1. The number of amides is 3. The second-order valence-corrected chi connectivity index (χ2v) is 8.91. The molecule has 0 bridgehead atoms. The maximum absolute atomic E-state index is 12.9. The van der Waals surface area contributed by atoms with Crippen LogP contribution in [0.4, 0.5) is 0 Å². The Labute approximate surface area is 206 Å². The second-order valence-electron chi connectivity index (χ2n) is 8.91. The van der Waals surface area contributed by atoms with E-state index in [0.717, 1.165) is 38.8 Å². The Morgan fingerprint density at radius 1 is 1.06 bits per heavy atom. The van der Waals surface area contributed by atoms with Crippen LogP contribution in [-0.2, 0) is 14.4 Å². The predicted octanol–water partition coefficient (Wildman–Crippen LogP) is 1.77. The Morgan fingerprint density at radius 2 is 1.76 bits per heavy atom. The standard InChI is InChI=1S/C24H34N4O5.ClH/c29-21(9-8-17-10-12-25-13-11-17)28-14-4-7-19(16-28)24(33)27-20(15-22(30)31)26-23(32)18-5-2-1-3-6-18;/h1-3,5-6,17,19-20,25H,4,7-16H2,(H,26,32)(H,27,33)(H,30,31);1H/t19-,20+;/m1./s1. The first-order chi connectivity index (χ1) is 15.9. The van der Waals surface area contributed by atoms with Gasteiger partial charge in [0.1, 0.15) is 6.17 Å². The summed E-state index contributed by atoms with van der Waals surface area (Å²) in [7, 11) is 0. The molecule has 188 valence electrons. The Morgan fingerprint density at radius 3 is 2.44 bits per heavy atom. The van der Waals surface area contributed by atoms with Gasteiger partial charge < -0.3 is 26.0 Å². The number of nitrogens with one attached hydrogen (secondary N) is 3. The van der Waals surface area contributed by atoms with Crippen LogP contribution in [0, 0.1) is 11.8 Å². The maximum atomic E-state index is 12.9. The minimum Gasteiger partial charge on any atom is -0.481 e. The van der Waals surface area contributed by atoms with Gasteiger partial charge in [-0.25, -0.2) is 0 Å². The molecular weight excluding hydrogens is 460 g/mol. The zero-order chi connectivity index (χ0) is 23.6. The summed E-state index contributed by atoms with van der Waals surface area (Å²) < 4.78 is 0. The van der Waals surface area contributed by atoms with E-state index in [4.69, 9.17) is 0 Å². The molecule has 4 N–H and O–H groups in total. The molecule has 3 amide bonds. The van der Waals surface area contributed by atoms with Gasteiger partial charge in [-0.2, -0.15) is 0 Å². The zero-order valence-electron chi connectivity index (χ0n) is 19.3. The number of carbonyl (C=O) groups excluding carboxylic acids is 3. The molecule has 0 aliphatic carbocycles. The van der Waals surface area contributed by atoms with Crippen LogP contribution in [0.3, 0.4) is 0 Å². The third kappa shape index (κ3) is 8.61. The number of hydrogen-bond acceptors (Lipinski definition) is 5. The number of hydrogen-bond donors (Lipinski definition) is 4.